The molecule has 4 aliphatic carbocycles. The number of benzene rings is 1. The number of nitrogen functional groups attached to an aromatic ring is 1. The Labute approximate surface area is 121 Å². The van der Waals surface area contributed by atoms with Crippen molar-refractivity contribution >= 4 is 5.69 Å². The van der Waals surface area contributed by atoms with E-state index in [0.29, 0.717) is 10.8 Å². The van der Waals surface area contributed by atoms with Gasteiger partial charge in [0.15, 0.2) is 0 Å². The fraction of sp³-hybridized carbons (Fsp3) is 0.667. The van der Waals surface area contributed by atoms with Crippen molar-refractivity contribution in [3.63, 3.8) is 0 Å². The highest BCUT2D eigenvalue weighted by Gasteiger charge is 2.57. The van der Waals surface area contributed by atoms with Crippen LogP contribution >= 0.6 is 0 Å². The molecule has 4 saturated carbocycles. The monoisotopic (exact) mass is 270 g/mol. The summed E-state index contributed by atoms with van der Waals surface area (Å²) in [7, 11) is 0. The zero-order chi connectivity index (χ0) is 13.8. The molecule has 4 fully saturated rings. The Bertz CT molecular complexity index is 491. The molecule has 2 unspecified atom stereocenters. The maximum absolute atomic E-state index is 5.94. The lowest BCUT2D eigenvalue weighted by atomic mass is 9.42. The van der Waals surface area contributed by atoms with Gasteiger partial charge in [0.2, 0.25) is 0 Å². The van der Waals surface area contributed by atoms with Crippen LogP contribution in [0, 0.1) is 17.3 Å². The summed E-state index contributed by atoms with van der Waals surface area (Å²) in [5.74, 6) is 1.89. The number of rotatable bonds is 3. The molecule has 0 amide bonds. The molecule has 0 saturated heterocycles. The van der Waals surface area contributed by atoms with E-state index < -0.39 is 0 Å². The van der Waals surface area contributed by atoms with Crippen LogP contribution in [-0.4, -0.2) is 6.54 Å². The zero-order valence-corrected chi connectivity index (χ0v) is 12.3. The van der Waals surface area contributed by atoms with Gasteiger partial charge in [-0.05, 0) is 91.9 Å². The highest BCUT2D eigenvalue weighted by Crippen LogP contribution is 2.66. The molecule has 108 valence electrons. The molecule has 0 spiro atoms. The lowest BCUT2D eigenvalue weighted by molar-refractivity contribution is -0.0748. The molecule has 0 radical (unpaired) electrons. The summed E-state index contributed by atoms with van der Waals surface area (Å²) in [5, 5.41) is 0. The lowest BCUT2D eigenvalue weighted by Crippen LogP contribution is -2.54. The van der Waals surface area contributed by atoms with Crippen molar-refractivity contribution in [3.05, 3.63) is 29.8 Å². The Hall–Kier alpha value is -1.02. The third-order valence-corrected chi connectivity index (χ3v) is 6.38. The van der Waals surface area contributed by atoms with E-state index in [1.165, 1.54) is 44.9 Å². The van der Waals surface area contributed by atoms with Gasteiger partial charge in [0.25, 0.3) is 0 Å². The summed E-state index contributed by atoms with van der Waals surface area (Å²) in [6, 6.07) is 8.75. The first-order valence-electron chi connectivity index (χ1n) is 8.19. The molecule has 0 heterocycles. The molecule has 2 heteroatoms. The molecule has 0 aromatic heterocycles. The summed E-state index contributed by atoms with van der Waals surface area (Å²) < 4.78 is 0. The Morgan fingerprint density at radius 1 is 1.00 bits per heavy atom. The second-order valence-electron chi connectivity index (χ2n) is 7.90. The molecule has 20 heavy (non-hydrogen) atoms. The minimum Gasteiger partial charge on any atom is -0.399 e. The van der Waals surface area contributed by atoms with Crippen molar-refractivity contribution in [1.82, 2.24) is 0 Å². The fourth-order valence-electron chi connectivity index (χ4n) is 6.23. The number of anilines is 1. The van der Waals surface area contributed by atoms with Gasteiger partial charge in [0, 0.05) is 5.69 Å². The van der Waals surface area contributed by atoms with Gasteiger partial charge in [0.05, 0.1) is 0 Å². The van der Waals surface area contributed by atoms with Crippen molar-refractivity contribution in [1.29, 1.82) is 0 Å². The van der Waals surface area contributed by atoms with E-state index in [0.717, 1.165) is 24.1 Å². The van der Waals surface area contributed by atoms with Crippen molar-refractivity contribution in [2.45, 2.75) is 50.4 Å². The van der Waals surface area contributed by atoms with E-state index >= 15 is 0 Å². The Morgan fingerprint density at radius 2 is 1.65 bits per heavy atom. The zero-order valence-electron chi connectivity index (χ0n) is 12.3. The molecule has 4 aliphatic rings. The Kier molecular flexibility index (Phi) is 2.69. The van der Waals surface area contributed by atoms with Crippen LogP contribution in [0.25, 0.3) is 0 Å². The third kappa shape index (κ3) is 1.81. The van der Waals surface area contributed by atoms with Crippen LogP contribution < -0.4 is 11.5 Å². The molecule has 4 N–H and O–H groups in total. The number of hydrogen-bond donors (Lipinski definition) is 2. The normalized spacial score (nSPS) is 42.0. The van der Waals surface area contributed by atoms with Crippen LogP contribution in [-0.2, 0) is 5.41 Å². The maximum Gasteiger partial charge on any atom is 0.0314 e. The average Bonchev–Trinajstić information content (AvgIpc) is 2.37. The predicted octanol–water partition coefficient (Wildman–Crippen LogP) is 3.46. The molecule has 4 atom stereocenters. The molecule has 1 aromatic carbocycles. The van der Waals surface area contributed by atoms with E-state index in [4.69, 9.17) is 11.5 Å². The van der Waals surface area contributed by atoms with Crippen LogP contribution in [0.15, 0.2) is 24.3 Å². The summed E-state index contributed by atoms with van der Waals surface area (Å²) in [4.78, 5) is 0. The topological polar surface area (TPSA) is 52.0 Å². The first-order chi connectivity index (χ1) is 9.63. The van der Waals surface area contributed by atoms with Gasteiger partial charge >= 0.3 is 0 Å². The van der Waals surface area contributed by atoms with Gasteiger partial charge in [-0.1, -0.05) is 12.1 Å². The van der Waals surface area contributed by atoms with Gasteiger partial charge in [-0.2, -0.15) is 0 Å². The fourth-order valence-corrected chi connectivity index (χ4v) is 6.23. The molecular weight excluding hydrogens is 244 g/mol. The van der Waals surface area contributed by atoms with Crippen LogP contribution in [0.4, 0.5) is 5.69 Å². The van der Waals surface area contributed by atoms with E-state index in [1.54, 1.807) is 5.56 Å². The largest absolute Gasteiger partial charge is 0.399 e. The summed E-state index contributed by atoms with van der Waals surface area (Å²) in [6.07, 6.45) is 9.77. The van der Waals surface area contributed by atoms with Gasteiger partial charge in [0.1, 0.15) is 0 Å². The molecule has 2 nitrogen and oxygen atoms in total. The van der Waals surface area contributed by atoms with E-state index in [1.807, 2.05) is 0 Å². The lowest BCUT2D eigenvalue weighted by Gasteiger charge is -2.62. The quantitative estimate of drug-likeness (QED) is 0.826. The van der Waals surface area contributed by atoms with Crippen LogP contribution in [0.3, 0.4) is 0 Å². The second-order valence-corrected chi connectivity index (χ2v) is 7.90. The highest BCUT2D eigenvalue weighted by molar-refractivity contribution is 5.42. The Balaban J connectivity index is 1.73. The number of nitrogens with two attached hydrogens (primary N) is 2. The van der Waals surface area contributed by atoms with Crippen LogP contribution in [0.5, 0.6) is 0 Å². The maximum atomic E-state index is 5.94. The summed E-state index contributed by atoms with van der Waals surface area (Å²) in [6.45, 7) is 0.858. The predicted molar refractivity (Wildman–Crippen MR) is 83.3 cm³/mol. The van der Waals surface area contributed by atoms with Crippen molar-refractivity contribution in [2.24, 2.45) is 23.0 Å². The van der Waals surface area contributed by atoms with Gasteiger partial charge in [-0.3, -0.25) is 0 Å². The first kappa shape index (κ1) is 12.7. The SMILES string of the molecule is NCCC12C[C@H]3C[C@@H](C1)CC(c1ccc(N)cc1)(C3)C2. The van der Waals surface area contributed by atoms with E-state index in [9.17, 15) is 0 Å². The Morgan fingerprint density at radius 3 is 2.25 bits per heavy atom. The molecular formula is C18H26N2. The van der Waals surface area contributed by atoms with Crippen molar-refractivity contribution in [3.8, 4) is 0 Å². The molecule has 1 aromatic rings. The van der Waals surface area contributed by atoms with E-state index in [2.05, 4.69) is 24.3 Å². The highest BCUT2D eigenvalue weighted by atomic mass is 14.6. The van der Waals surface area contributed by atoms with Crippen molar-refractivity contribution in [2.75, 3.05) is 12.3 Å². The third-order valence-electron chi connectivity index (χ3n) is 6.38. The molecule has 4 bridgehead atoms. The second kappa shape index (κ2) is 4.24. The van der Waals surface area contributed by atoms with Gasteiger partial charge in [-0.25, -0.2) is 0 Å². The van der Waals surface area contributed by atoms with Gasteiger partial charge < -0.3 is 11.5 Å². The smallest absolute Gasteiger partial charge is 0.0314 e. The summed E-state index contributed by atoms with van der Waals surface area (Å²) >= 11 is 0. The summed E-state index contributed by atoms with van der Waals surface area (Å²) in [5.41, 5.74) is 15.2. The number of hydrogen-bond acceptors (Lipinski definition) is 2. The average molecular weight is 270 g/mol. The first-order valence-corrected chi connectivity index (χ1v) is 8.19. The standard InChI is InChI=1S/C18H26N2/c19-6-5-17-8-13-7-14(9-17)11-18(10-13,12-17)15-1-3-16(20)4-2-15/h1-4,13-14H,5-12,19-20H2/t13-,14+,17?,18?. The van der Waals surface area contributed by atoms with E-state index in [-0.39, 0.29) is 0 Å². The minimum atomic E-state index is 0.437. The van der Waals surface area contributed by atoms with Crippen LogP contribution in [0.2, 0.25) is 0 Å². The molecule has 5 rings (SSSR count). The van der Waals surface area contributed by atoms with Gasteiger partial charge in [-0.15, -0.1) is 0 Å². The molecule has 0 aliphatic heterocycles. The van der Waals surface area contributed by atoms with Crippen LogP contribution in [0.1, 0.15) is 50.5 Å². The van der Waals surface area contributed by atoms with Crippen molar-refractivity contribution < 1.29 is 0 Å². The minimum absolute atomic E-state index is 0.437.